The summed E-state index contributed by atoms with van der Waals surface area (Å²) in [5.41, 5.74) is 0.380. The van der Waals surface area contributed by atoms with E-state index >= 15 is 0 Å². The van der Waals surface area contributed by atoms with Gasteiger partial charge in [0.1, 0.15) is 6.10 Å². The smallest absolute Gasteiger partial charge is 0.379 e. The topological polar surface area (TPSA) is 43.4 Å². The molecule has 0 amide bonds. The predicted molar refractivity (Wildman–Crippen MR) is 95.2 cm³/mol. The fourth-order valence-corrected chi connectivity index (χ4v) is 4.20. The van der Waals surface area contributed by atoms with Gasteiger partial charge in [0, 0.05) is 15.7 Å². The molecule has 2 aromatic carbocycles. The molecular weight excluding hydrogens is 320 g/mol. The van der Waals surface area contributed by atoms with Crippen molar-refractivity contribution in [1.82, 2.24) is 0 Å². The maximum Gasteiger partial charge on any atom is 0.379 e. The highest BCUT2D eigenvalue weighted by Crippen LogP contribution is 2.35. The summed E-state index contributed by atoms with van der Waals surface area (Å²) in [4.78, 5) is 25.6. The number of ether oxygens (including phenoxy) is 1. The van der Waals surface area contributed by atoms with Crippen molar-refractivity contribution in [3.8, 4) is 0 Å². The van der Waals surface area contributed by atoms with Crippen LogP contribution in [0.2, 0.25) is 0 Å². The van der Waals surface area contributed by atoms with Crippen LogP contribution >= 0.6 is 11.8 Å². The summed E-state index contributed by atoms with van der Waals surface area (Å²) in [6.45, 7) is 0. The van der Waals surface area contributed by atoms with E-state index < -0.39 is 11.8 Å². The quantitative estimate of drug-likeness (QED) is 0.456. The number of rotatable bonds is 5. The Hall–Kier alpha value is -2.07. The molecule has 1 saturated carbocycles. The van der Waals surface area contributed by atoms with Crippen molar-refractivity contribution >= 4 is 23.5 Å². The summed E-state index contributed by atoms with van der Waals surface area (Å²) in [7, 11) is 0. The zero-order valence-corrected chi connectivity index (χ0v) is 14.2. The third-order valence-electron chi connectivity index (χ3n) is 4.15. The number of benzene rings is 2. The number of hydrogen-bond donors (Lipinski definition) is 0. The van der Waals surface area contributed by atoms with Gasteiger partial charge in [-0.15, -0.1) is 11.8 Å². The van der Waals surface area contributed by atoms with Gasteiger partial charge in [0.2, 0.25) is 0 Å². The molecular formula is C20H20O3S. The first-order valence-electron chi connectivity index (χ1n) is 8.26. The largest absolute Gasteiger partial charge is 0.455 e. The molecule has 0 unspecified atom stereocenters. The monoisotopic (exact) mass is 340 g/mol. The number of carbonyl (C=O) groups is 2. The third kappa shape index (κ3) is 4.26. The van der Waals surface area contributed by atoms with Gasteiger partial charge in [-0.25, -0.2) is 4.79 Å². The van der Waals surface area contributed by atoms with Crippen molar-refractivity contribution in [3.63, 3.8) is 0 Å². The van der Waals surface area contributed by atoms with E-state index in [1.807, 2.05) is 24.3 Å². The minimum atomic E-state index is -0.744. The maximum absolute atomic E-state index is 12.2. The minimum Gasteiger partial charge on any atom is -0.455 e. The lowest BCUT2D eigenvalue weighted by molar-refractivity contribution is -0.144. The molecule has 2 atom stereocenters. The number of hydrogen-bond acceptors (Lipinski definition) is 4. The van der Waals surface area contributed by atoms with Crippen LogP contribution in [-0.2, 0) is 9.53 Å². The van der Waals surface area contributed by atoms with Crippen molar-refractivity contribution < 1.29 is 14.3 Å². The second-order valence-electron chi connectivity index (χ2n) is 5.89. The summed E-state index contributed by atoms with van der Waals surface area (Å²) in [5.74, 6) is -1.31. The highest BCUT2D eigenvalue weighted by molar-refractivity contribution is 8.00. The van der Waals surface area contributed by atoms with Crippen molar-refractivity contribution in [2.75, 3.05) is 0 Å². The van der Waals surface area contributed by atoms with Crippen LogP contribution in [0.1, 0.15) is 36.0 Å². The zero-order chi connectivity index (χ0) is 16.8. The van der Waals surface area contributed by atoms with Crippen LogP contribution in [0.15, 0.2) is 65.6 Å². The Kier molecular flexibility index (Phi) is 5.70. The van der Waals surface area contributed by atoms with Crippen LogP contribution in [-0.4, -0.2) is 23.1 Å². The number of esters is 1. The summed E-state index contributed by atoms with van der Waals surface area (Å²) in [6, 6.07) is 18.7. The Balaban J connectivity index is 1.65. The molecule has 0 aromatic heterocycles. The minimum absolute atomic E-state index is 0.202. The van der Waals surface area contributed by atoms with E-state index in [9.17, 15) is 9.59 Å². The van der Waals surface area contributed by atoms with Crippen molar-refractivity contribution in [3.05, 3.63) is 66.2 Å². The van der Waals surface area contributed by atoms with Crippen LogP contribution in [0, 0.1) is 0 Å². The fraction of sp³-hybridized carbons (Fsp3) is 0.300. The van der Waals surface area contributed by atoms with E-state index in [-0.39, 0.29) is 11.4 Å². The first-order chi connectivity index (χ1) is 11.7. The first-order valence-corrected chi connectivity index (χ1v) is 9.14. The molecule has 124 valence electrons. The van der Waals surface area contributed by atoms with E-state index in [0.717, 1.165) is 25.7 Å². The van der Waals surface area contributed by atoms with Gasteiger partial charge in [-0.05, 0) is 31.4 Å². The number of Topliss-reactive ketones (excluding diaryl/α,β-unsaturated/α-hetero) is 1. The molecule has 24 heavy (non-hydrogen) atoms. The molecule has 0 saturated heterocycles. The zero-order valence-electron chi connectivity index (χ0n) is 13.4. The van der Waals surface area contributed by atoms with Gasteiger partial charge in [-0.1, -0.05) is 55.0 Å². The Morgan fingerprint density at radius 3 is 2.21 bits per heavy atom. The lowest BCUT2D eigenvalue weighted by Gasteiger charge is -2.30. The Bertz CT molecular complexity index is 685. The van der Waals surface area contributed by atoms with E-state index in [1.165, 1.54) is 4.90 Å². The second-order valence-corrected chi connectivity index (χ2v) is 7.21. The first kappa shape index (κ1) is 16.8. The maximum atomic E-state index is 12.2. The van der Waals surface area contributed by atoms with E-state index in [2.05, 4.69) is 12.1 Å². The third-order valence-corrected chi connectivity index (χ3v) is 5.54. The standard InChI is InChI=1S/C20H20O3S/c21-19(15-9-3-1-4-10-15)20(22)23-17-13-7-8-14-18(17)24-16-11-5-2-6-12-16/h1-6,9-12,17-18H,7-8,13-14H2/t17-,18+/m1/s1. The molecule has 0 radical (unpaired) electrons. The SMILES string of the molecule is O=C(O[C@@H]1CCCC[C@@H]1Sc1ccccc1)C(=O)c1ccccc1. The van der Waals surface area contributed by atoms with Gasteiger partial charge in [0.05, 0.1) is 0 Å². The molecule has 4 heteroatoms. The molecule has 3 rings (SSSR count). The number of ketones is 1. The lowest BCUT2D eigenvalue weighted by atomic mass is 9.97. The molecule has 2 aromatic rings. The Labute approximate surface area is 146 Å². The van der Waals surface area contributed by atoms with Crippen LogP contribution in [0.5, 0.6) is 0 Å². The molecule has 0 bridgehead atoms. The van der Waals surface area contributed by atoms with Crippen molar-refractivity contribution in [2.45, 2.75) is 41.9 Å². The molecule has 1 fully saturated rings. The number of thioether (sulfide) groups is 1. The van der Waals surface area contributed by atoms with Crippen LogP contribution in [0.25, 0.3) is 0 Å². The van der Waals surface area contributed by atoms with E-state index in [0.29, 0.717) is 5.56 Å². The summed E-state index contributed by atoms with van der Waals surface area (Å²) in [6.07, 6.45) is 3.77. The molecule has 3 nitrogen and oxygen atoms in total. The van der Waals surface area contributed by atoms with E-state index in [4.69, 9.17) is 4.74 Å². The van der Waals surface area contributed by atoms with Gasteiger partial charge in [0.15, 0.2) is 0 Å². The van der Waals surface area contributed by atoms with Crippen molar-refractivity contribution in [2.24, 2.45) is 0 Å². The molecule has 0 aliphatic heterocycles. The highest BCUT2D eigenvalue weighted by Gasteiger charge is 2.31. The highest BCUT2D eigenvalue weighted by atomic mass is 32.2. The molecule has 0 spiro atoms. The van der Waals surface area contributed by atoms with Crippen LogP contribution in [0.4, 0.5) is 0 Å². The normalized spacial score (nSPS) is 20.3. The molecule has 1 aliphatic rings. The summed E-state index contributed by atoms with van der Waals surface area (Å²) >= 11 is 1.73. The fourth-order valence-electron chi connectivity index (χ4n) is 2.90. The number of carbonyl (C=O) groups excluding carboxylic acids is 2. The van der Waals surface area contributed by atoms with Gasteiger partial charge < -0.3 is 4.74 Å². The van der Waals surface area contributed by atoms with E-state index in [1.54, 1.807) is 36.0 Å². The molecule has 1 aliphatic carbocycles. The summed E-state index contributed by atoms with van der Waals surface area (Å²) < 4.78 is 5.58. The lowest BCUT2D eigenvalue weighted by Crippen LogP contribution is -2.34. The average molecular weight is 340 g/mol. The predicted octanol–water partition coefficient (Wildman–Crippen LogP) is 4.52. The average Bonchev–Trinajstić information content (AvgIpc) is 2.64. The van der Waals surface area contributed by atoms with Crippen molar-refractivity contribution in [1.29, 1.82) is 0 Å². The van der Waals surface area contributed by atoms with Gasteiger partial charge in [0.25, 0.3) is 5.78 Å². The molecule has 0 heterocycles. The van der Waals surface area contributed by atoms with Crippen LogP contribution in [0.3, 0.4) is 0 Å². The summed E-state index contributed by atoms with van der Waals surface area (Å²) in [5, 5.41) is 0.202. The second kappa shape index (κ2) is 8.15. The van der Waals surface area contributed by atoms with Gasteiger partial charge in [-0.3, -0.25) is 4.79 Å². The van der Waals surface area contributed by atoms with Gasteiger partial charge >= 0.3 is 5.97 Å². The Morgan fingerprint density at radius 2 is 1.50 bits per heavy atom. The molecule has 0 N–H and O–H groups in total. The van der Waals surface area contributed by atoms with Gasteiger partial charge in [-0.2, -0.15) is 0 Å². The van der Waals surface area contributed by atoms with Crippen LogP contribution < -0.4 is 0 Å². The Morgan fingerprint density at radius 1 is 0.875 bits per heavy atom.